The van der Waals surface area contributed by atoms with Crippen LogP contribution < -0.4 is 11.1 Å². The van der Waals surface area contributed by atoms with Crippen molar-refractivity contribution in [3.63, 3.8) is 0 Å². The quantitative estimate of drug-likeness (QED) is 0.427. The first-order valence-corrected chi connectivity index (χ1v) is 10.8. The number of benzene rings is 1. The van der Waals surface area contributed by atoms with E-state index in [9.17, 15) is 14.4 Å². The van der Waals surface area contributed by atoms with E-state index in [0.29, 0.717) is 35.8 Å². The van der Waals surface area contributed by atoms with Gasteiger partial charge in [0.2, 0.25) is 11.8 Å². The van der Waals surface area contributed by atoms with Gasteiger partial charge in [-0.15, -0.1) is 23.1 Å². The third-order valence-corrected chi connectivity index (χ3v) is 6.89. The fourth-order valence-electron chi connectivity index (χ4n) is 3.14. The number of carbonyl (C=O) groups excluding carboxylic acids is 3. The molecule has 0 saturated heterocycles. The molecule has 0 radical (unpaired) electrons. The van der Waals surface area contributed by atoms with Crippen LogP contribution >= 0.6 is 23.1 Å². The Balaban J connectivity index is 1.81. The Morgan fingerprint density at radius 2 is 2.10 bits per heavy atom. The second-order valence-corrected chi connectivity index (χ2v) is 9.23. The van der Waals surface area contributed by atoms with E-state index in [1.165, 1.54) is 37.1 Å². The number of ether oxygens (including phenoxy) is 1. The average Bonchev–Trinajstić information content (AvgIpc) is 3.04. The third-order valence-electron chi connectivity index (χ3n) is 4.67. The Morgan fingerprint density at radius 1 is 1.34 bits per heavy atom. The van der Waals surface area contributed by atoms with E-state index in [-0.39, 0.29) is 11.8 Å². The SMILES string of the molecule is COC(=O)c1c(NC(=O)C(C)Sc2cccc(N)c2)sc2c1CCN(C(C)=O)C2. The van der Waals surface area contributed by atoms with Gasteiger partial charge >= 0.3 is 5.97 Å². The van der Waals surface area contributed by atoms with Gasteiger partial charge < -0.3 is 20.7 Å². The Morgan fingerprint density at radius 3 is 2.76 bits per heavy atom. The molecule has 0 saturated carbocycles. The predicted octanol–water partition coefficient (Wildman–Crippen LogP) is 3.14. The summed E-state index contributed by atoms with van der Waals surface area (Å²) in [5, 5.41) is 2.96. The number of hydrogen-bond acceptors (Lipinski definition) is 7. The summed E-state index contributed by atoms with van der Waals surface area (Å²) in [7, 11) is 1.32. The molecule has 0 spiro atoms. The van der Waals surface area contributed by atoms with Crippen molar-refractivity contribution in [3.05, 3.63) is 40.3 Å². The van der Waals surface area contributed by atoms with Crippen molar-refractivity contribution >= 4 is 51.6 Å². The number of anilines is 2. The molecule has 3 rings (SSSR count). The van der Waals surface area contributed by atoms with Crippen molar-refractivity contribution in [1.29, 1.82) is 0 Å². The van der Waals surface area contributed by atoms with Gasteiger partial charge in [0.05, 0.1) is 24.5 Å². The fraction of sp³-hybridized carbons (Fsp3) is 0.350. The van der Waals surface area contributed by atoms with Gasteiger partial charge in [0, 0.05) is 28.9 Å². The summed E-state index contributed by atoms with van der Waals surface area (Å²) in [6.45, 7) is 4.30. The summed E-state index contributed by atoms with van der Waals surface area (Å²) >= 11 is 2.71. The van der Waals surface area contributed by atoms with Gasteiger partial charge in [-0.3, -0.25) is 9.59 Å². The number of methoxy groups -OCH3 is 1. The van der Waals surface area contributed by atoms with Crippen LogP contribution in [0.1, 0.15) is 34.6 Å². The minimum absolute atomic E-state index is 0.0126. The van der Waals surface area contributed by atoms with E-state index in [4.69, 9.17) is 10.5 Å². The number of nitrogens with one attached hydrogen (secondary N) is 1. The lowest BCUT2D eigenvalue weighted by Gasteiger charge is -2.25. The molecular weight excluding hydrogens is 410 g/mol. The number of nitrogens with zero attached hydrogens (tertiary/aromatic N) is 1. The summed E-state index contributed by atoms with van der Waals surface area (Å²) < 4.78 is 4.94. The zero-order chi connectivity index (χ0) is 21.1. The zero-order valence-corrected chi connectivity index (χ0v) is 18.1. The second kappa shape index (κ2) is 8.87. The minimum Gasteiger partial charge on any atom is -0.465 e. The number of esters is 1. The number of hydrogen-bond donors (Lipinski definition) is 2. The largest absolute Gasteiger partial charge is 0.465 e. The van der Waals surface area contributed by atoms with Gasteiger partial charge in [-0.2, -0.15) is 0 Å². The summed E-state index contributed by atoms with van der Waals surface area (Å²) in [6.07, 6.45) is 0.555. The van der Waals surface area contributed by atoms with Crippen LogP contribution in [-0.4, -0.2) is 41.6 Å². The molecule has 1 aliphatic heterocycles. The Kier molecular flexibility index (Phi) is 6.49. The molecule has 0 bridgehead atoms. The molecule has 0 fully saturated rings. The van der Waals surface area contributed by atoms with Crippen LogP contribution in [0.25, 0.3) is 0 Å². The minimum atomic E-state index is -0.481. The molecule has 0 aliphatic carbocycles. The van der Waals surface area contributed by atoms with E-state index in [1.54, 1.807) is 17.9 Å². The van der Waals surface area contributed by atoms with Crippen LogP contribution in [0.15, 0.2) is 29.2 Å². The molecule has 1 aromatic heterocycles. The maximum atomic E-state index is 12.8. The first-order chi connectivity index (χ1) is 13.8. The van der Waals surface area contributed by atoms with E-state index >= 15 is 0 Å². The third kappa shape index (κ3) is 4.73. The summed E-state index contributed by atoms with van der Waals surface area (Å²) in [6, 6.07) is 7.34. The standard InChI is InChI=1S/C20H23N3O4S2/c1-11(28-14-6-4-5-13(21)9-14)18(25)22-19-17(20(26)27-3)15-7-8-23(12(2)24)10-16(15)29-19/h4-6,9,11H,7-8,10,21H2,1-3H3,(H,22,25). The summed E-state index contributed by atoms with van der Waals surface area (Å²) in [5.41, 5.74) is 7.68. The highest BCUT2D eigenvalue weighted by atomic mass is 32.2. The predicted molar refractivity (Wildman–Crippen MR) is 115 cm³/mol. The topological polar surface area (TPSA) is 102 Å². The molecule has 29 heavy (non-hydrogen) atoms. The number of carbonyl (C=O) groups is 3. The van der Waals surface area contributed by atoms with Crippen molar-refractivity contribution in [3.8, 4) is 0 Å². The molecule has 2 aromatic rings. The second-order valence-electron chi connectivity index (χ2n) is 6.71. The van der Waals surface area contributed by atoms with Gasteiger partial charge in [-0.05, 0) is 37.1 Å². The van der Waals surface area contributed by atoms with E-state index in [2.05, 4.69) is 5.32 Å². The van der Waals surface area contributed by atoms with E-state index in [0.717, 1.165) is 15.3 Å². The van der Waals surface area contributed by atoms with Crippen LogP contribution in [0.2, 0.25) is 0 Å². The summed E-state index contributed by atoms with van der Waals surface area (Å²) in [5.74, 6) is -0.712. The van der Waals surface area contributed by atoms with Crippen molar-refractivity contribution in [2.75, 3.05) is 24.7 Å². The molecule has 3 N–H and O–H groups in total. The van der Waals surface area contributed by atoms with Gasteiger partial charge in [0.25, 0.3) is 0 Å². The number of thiophene rings is 1. The lowest BCUT2D eigenvalue weighted by molar-refractivity contribution is -0.129. The fourth-order valence-corrected chi connectivity index (χ4v) is 5.33. The van der Waals surface area contributed by atoms with Crippen molar-refractivity contribution in [1.82, 2.24) is 4.90 Å². The highest BCUT2D eigenvalue weighted by Crippen LogP contribution is 2.38. The molecule has 1 atom stereocenters. The van der Waals surface area contributed by atoms with Gasteiger partial charge in [-0.1, -0.05) is 6.07 Å². The maximum Gasteiger partial charge on any atom is 0.341 e. The first kappa shape index (κ1) is 21.2. The number of fused-ring (bicyclic) bond motifs is 1. The van der Waals surface area contributed by atoms with Gasteiger partial charge in [0.1, 0.15) is 5.00 Å². The van der Waals surface area contributed by atoms with Crippen LogP contribution in [0, 0.1) is 0 Å². The Hall–Kier alpha value is -2.52. The highest BCUT2D eigenvalue weighted by Gasteiger charge is 2.30. The van der Waals surface area contributed by atoms with Crippen LogP contribution in [0.4, 0.5) is 10.7 Å². The van der Waals surface area contributed by atoms with Gasteiger partial charge in [0.15, 0.2) is 0 Å². The number of nitrogen functional groups attached to an aromatic ring is 1. The molecule has 2 amide bonds. The number of amides is 2. The lowest BCUT2D eigenvalue weighted by Crippen LogP contribution is -2.33. The van der Waals surface area contributed by atoms with Crippen molar-refractivity contribution < 1.29 is 19.1 Å². The molecule has 154 valence electrons. The van der Waals surface area contributed by atoms with Gasteiger partial charge in [-0.25, -0.2) is 4.79 Å². The molecule has 7 nitrogen and oxygen atoms in total. The van der Waals surface area contributed by atoms with Crippen LogP contribution in [0.3, 0.4) is 0 Å². The monoisotopic (exact) mass is 433 g/mol. The van der Waals surface area contributed by atoms with Crippen molar-refractivity contribution in [2.24, 2.45) is 0 Å². The normalized spacial score (nSPS) is 14.1. The molecule has 1 aromatic carbocycles. The van der Waals surface area contributed by atoms with Crippen LogP contribution in [-0.2, 0) is 27.3 Å². The number of nitrogens with two attached hydrogens (primary N) is 1. The average molecular weight is 434 g/mol. The smallest absolute Gasteiger partial charge is 0.341 e. The lowest BCUT2D eigenvalue weighted by atomic mass is 10.0. The Labute approximate surface area is 177 Å². The molecular formula is C20H23N3O4S2. The Bertz CT molecular complexity index is 957. The molecule has 2 heterocycles. The van der Waals surface area contributed by atoms with E-state index in [1.807, 2.05) is 18.2 Å². The molecule has 1 aliphatic rings. The zero-order valence-electron chi connectivity index (χ0n) is 16.5. The van der Waals surface area contributed by atoms with Crippen molar-refractivity contribution in [2.45, 2.75) is 37.0 Å². The maximum absolute atomic E-state index is 12.8. The number of rotatable bonds is 5. The van der Waals surface area contributed by atoms with E-state index < -0.39 is 11.2 Å². The first-order valence-electron chi connectivity index (χ1n) is 9.11. The number of thioether (sulfide) groups is 1. The highest BCUT2D eigenvalue weighted by molar-refractivity contribution is 8.00. The molecule has 1 unspecified atom stereocenters. The van der Waals surface area contributed by atoms with Crippen LogP contribution in [0.5, 0.6) is 0 Å². The summed E-state index contributed by atoms with van der Waals surface area (Å²) in [4.78, 5) is 40.4. The molecule has 9 heteroatoms.